The molecule has 1 rings (SSSR count). The summed E-state index contributed by atoms with van der Waals surface area (Å²) in [6, 6.07) is 9.68. The molecule has 0 aromatic heterocycles. The lowest BCUT2D eigenvalue weighted by molar-refractivity contribution is -0.140. The maximum Gasteiger partial charge on any atom is 0.351 e. The molecule has 0 saturated heterocycles. The Kier molecular flexibility index (Phi) is 10.3. The van der Waals surface area contributed by atoms with E-state index in [1.807, 2.05) is 51.1 Å². The maximum atomic E-state index is 12.1. The van der Waals surface area contributed by atoms with E-state index >= 15 is 0 Å². The summed E-state index contributed by atoms with van der Waals surface area (Å²) in [5.41, 5.74) is 1.01. The van der Waals surface area contributed by atoms with Gasteiger partial charge in [0.1, 0.15) is 24.5 Å². The van der Waals surface area contributed by atoms with Crippen molar-refractivity contribution < 1.29 is 19.0 Å². The van der Waals surface area contributed by atoms with Crippen molar-refractivity contribution in [3.8, 4) is 11.8 Å². The summed E-state index contributed by atoms with van der Waals surface area (Å²) in [6.45, 7) is 7.18. The highest BCUT2D eigenvalue weighted by Crippen LogP contribution is 2.19. The fourth-order valence-electron chi connectivity index (χ4n) is 2.05. The molecule has 0 radical (unpaired) electrons. The SMILES string of the molecule is CCOCCOC(=O)/C(C#N)=C(\NCC(C)Oc1ccccc1C)SC. The van der Waals surface area contributed by atoms with Crippen LogP contribution in [0.25, 0.3) is 0 Å². The van der Waals surface area contributed by atoms with Crippen molar-refractivity contribution in [3.05, 3.63) is 40.4 Å². The van der Waals surface area contributed by atoms with Crippen LogP contribution >= 0.6 is 11.8 Å². The molecule has 0 bridgehead atoms. The number of nitrogens with zero attached hydrogens (tertiary/aromatic N) is 1. The second kappa shape index (κ2) is 12.2. The van der Waals surface area contributed by atoms with Gasteiger partial charge in [-0.3, -0.25) is 0 Å². The first-order valence-electron chi connectivity index (χ1n) is 8.42. The molecule has 142 valence electrons. The molecule has 0 fully saturated rings. The number of hydrogen-bond acceptors (Lipinski definition) is 7. The van der Waals surface area contributed by atoms with E-state index in [0.29, 0.717) is 24.8 Å². The average Bonchev–Trinajstić information content (AvgIpc) is 2.64. The van der Waals surface area contributed by atoms with Crippen LogP contribution < -0.4 is 10.1 Å². The largest absolute Gasteiger partial charge is 0.489 e. The fraction of sp³-hybridized carbons (Fsp3) is 0.474. The third kappa shape index (κ3) is 7.38. The van der Waals surface area contributed by atoms with Crippen LogP contribution in [0.2, 0.25) is 0 Å². The van der Waals surface area contributed by atoms with Gasteiger partial charge in [-0.2, -0.15) is 5.26 Å². The predicted octanol–water partition coefficient (Wildman–Crippen LogP) is 3.03. The molecule has 0 aliphatic carbocycles. The van der Waals surface area contributed by atoms with Gasteiger partial charge < -0.3 is 19.5 Å². The number of para-hydroxylation sites is 1. The Balaban J connectivity index is 2.64. The van der Waals surface area contributed by atoms with E-state index in [4.69, 9.17) is 14.2 Å². The number of nitriles is 1. The molecule has 0 saturated carbocycles. The van der Waals surface area contributed by atoms with Crippen molar-refractivity contribution in [1.29, 1.82) is 5.26 Å². The van der Waals surface area contributed by atoms with Crippen molar-refractivity contribution >= 4 is 17.7 Å². The van der Waals surface area contributed by atoms with Crippen LogP contribution in [0.5, 0.6) is 5.75 Å². The Labute approximate surface area is 159 Å². The number of carbonyl (C=O) groups is 1. The van der Waals surface area contributed by atoms with E-state index in [-0.39, 0.29) is 18.3 Å². The van der Waals surface area contributed by atoms with Gasteiger partial charge in [-0.25, -0.2) is 4.79 Å². The van der Waals surface area contributed by atoms with Gasteiger partial charge in [-0.05, 0) is 38.7 Å². The smallest absolute Gasteiger partial charge is 0.351 e. The standard InChI is InChI=1S/C19H26N2O4S/c1-5-23-10-11-24-19(22)16(12-20)18(26-4)21-13-15(3)25-17-9-7-6-8-14(17)2/h6-9,15,21H,5,10-11,13H2,1-4H3/b18-16+. The highest BCUT2D eigenvalue weighted by atomic mass is 32.2. The van der Waals surface area contributed by atoms with Crippen LogP contribution in [0.4, 0.5) is 0 Å². The number of aryl methyl sites for hydroxylation is 1. The average molecular weight is 378 g/mol. The topological polar surface area (TPSA) is 80.6 Å². The van der Waals surface area contributed by atoms with Crippen LogP contribution in [-0.4, -0.2) is 44.7 Å². The molecule has 26 heavy (non-hydrogen) atoms. The van der Waals surface area contributed by atoms with Gasteiger partial charge in [-0.15, -0.1) is 11.8 Å². The fourth-order valence-corrected chi connectivity index (χ4v) is 2.61. The zero-order valence-corrected chi connectivity index (χ0v) is 16.5. The first-order chi connectivity index (χ1) is 12.5. The quantitative estimate of drug-likeness (QED) is 0.274. The number of nitrogens with one attached hydrogen (secondary N) is 1. The number of carbonyl (C=O) groups excluding carboxylic acids is 1. The highest BCUT2D eigenvalue weighted by molar-refractivity contribution is 8.02. The zero-order valence-electron chi connectivity index (χ0n) is 15.7. The first kappa shape index (κ1) is 21.9. The third-order valence-corrected chi connectivity index (χ3v) is 4.14. The molecule has 0 aliphatic rings. The van der Waals surface area contributed by atoms with Crippen molar-refractivity contribution in [1.82, 2.24) is 5.32 Å². The second-order valence-corrected chi connectivity index (χ2v) is 6.24. The van der Waals surface area contributed by atoms with Gasteiger partial charge in [0.25, 0.3) is 0 Å². The molecule has 0 spiro atoms. The van der Waals surface area contributed by atoms with Gasteiger partial charge in [0.15, 0.2) is 5.57 Å². The molecular formula is C19H26N2O4S. The number of esters is 1. The van der Waals surface area contributed by atoms with Crippen molar-refractivity contribution in [3.63, 3.8) is 0 Å². The summed E-state index contributed by atoms with van der Waals surface area (Å²) < 4.78 is 16.1. The minimum atomic E-state index is -0.656. The summed E-state index contributed by atoms with van der Waals surface area (Å²) in [5.74, 6) is 0.156. The lowest BCUT2D eigenvalue weighted by atomic mass is 10.2. The Morgan fingerprint density at radius 2 is 2.08 bits per heavy atom. The van der Waals surface area contributed by atoms with Crippen LogP contribution in [0, 0.1) is 18.3 Å². The summed E-state index contributed by atoms with van der Waals surface area (Å²) in [5, 5.41) is 12.9. The summed E-state index contributed by atoms with van der Waals surface area (Å²) in [7, 11) is 0. The molecule has 6 nitrogen and oxygen atoms in total. The van der Waals surface area contributed by atoms with Crippen molar-refractivity contribution in [2.75, 3.05) is 32.6 Å². The summed E-state index contributed by atoms with van der Waals surface area (Å²) in [6.07, 6.45) is 1.65. The van der Waals surface area contributed by atoms with Crippen LogP contribution in [-0.2, 0) is 14.3 Å². The molecule has 0 amide bonds. The van der Waals surface area contributed by atoms with E-state index < -0.39 is 5.97 Å². The van der Waals surface area contributed by atoms with E-state index in [1.165, 1.54) is 11.8 Å². The number of ether oxygens (including phenoxy) is 3. The zero-order chi connectivity index (χ0) is 19.4. The van der Waals surface area contributed by atoms with E-state index in [9.17, 15) is 10.1 Å². The number of hydrogen-bond donors (Lipinski definition) is 1. The predicted molar refractivity (Wildman–Crippen MR) is 103 cm³/mol. The van der Waals surface area contributed by atoms with Gasteiger partial charge in [0, 0.05) is 6.61 Å². The molecule has 1 aromatic carbocycles. The van der Waals surface area contributed by atoms with Gasteiger partial charge >= 0.3 is 5.97 Å². The van der Waals surface area contributed by atoms with Crippen molar-refractivity contribution in [2.24, 2.45) is 0 Å². The molecule has 1 unspecified atom stereocenters. The Hall–Kier alpha value is -2.17. The Bertz CT molecular complexity index is 655. The molecule has 1 N–H and O–H groups in total. The molecular weight excluding hydrogens is 352 g/mol. The normalized spacial score (nSPS) is 12.6. The van der Waals surface area contributed by atoms with E-state index in [1.54, 1.807) is 6.26 Å². The third-order valence-electron chi connectivity index (χ3n) is 3.38. The molecule has 0 heterocycles. The van der Waals surface area contributed by atoms with Crippen LogP contribution in [0.1, 0.15) is 19.4 Å². The maximum absolute atomic E-state index is 12.1. The second-order valence-electron chi connectivity index (χ2n) is 5.43. The van der Waals surface area contributed by atoms with Gasteiger partial charge in [0.05, 0.1) is 18.2 Å². The lowest BCUT2D eigenvalue weighted by Gasteiger charge is -2.18. The Morgan fingerprint density at radius 1 is 1.35 bits per heavy atom. The van der Waals surface area contributed by atoms with E-state index in [2.05, 4.69) is 5.32 Å². The molecule has 1 atom stereocenters. The number of benzene rings is 1. The summed E-state index contributed by atoms with van der Waals surface area (Å²) >= 11 is 1.28. The number of rotatable bonds is 11. The van der Waals surface area contributed by atoms with E-state index in [0.717, 1.165) is 11.3 Å². The minimum Gasteiger partial charge on any atom is -0.489 e. The number of thioether (sulfide) groups is 1. The van der Waals surface area contributed by atoms with Crippen LogP contribution in [0.15, 0.2) is 34.9 Å². The summed E-state index contributed by atoms with van der Waals surface area (Å²) in [4.78, 5) is 12.1. The lowest BCUT2D eigenvalue weighted by Crippen LogP contribution is -2.29. The molecule has 7 heteroatoms. The molecule has 0 aliphatic heterocycles. The van der Waals surface area contributed by atoms with Crippen LogP contribution in [0.3, 0.4) is 0 Å². The van der Waals surface area contributed by atoms with Gasteiger partial charge in [0.2, 0.25) is 0 Å². The molecule has 1 aromatic rings. The first-order valence-corrected chi connectivity index (χ1v) is 9.65. The van der Waals surface area contributed by atoms with Gasteiger partial charge in [-0.1, -0.05) is 18.2 Å². The highest BCUT2D eigenvalue weighted by Gasteiger charge is 2.17. The van der Waals surface area contributed by atoms with Crippen molar-refractivity contribution in [2.45, 2.75) is 26.9 Å². The Morgan fingerprint density at radius 3 is 2.69 bits per heavy atom. The monoisotopic (exact) mass is 378 g/mol. The minimum absolute atomic E-state index is 0.0444.